The van der Waals surface area contributed by atoms with Gasteiger partial charge in [-0.25, -0.2) is 30.7 Å². The summed E-state index contributed by atoms with van der Waals surface area (Å²) in [6.07, 6.45) is 7.80. The van der Waals surface area contributed by atoms with E-state index in [1.807, 2.05) is 12.1 Å². The molecule has 0 saturated heterocycles. The van der Waals surface area contributed by atoms with Crippen LogP contribution in [0.4, 0.5) is 0 Å². The summed E-state index contributed by atoms with van der Waals surface area (Å²) in [4.78, 5) is 0. The Morgan fingerprint density at radius 2 is 2.23 bits per heavy atom. The Labute approximate surface area is 91.9 Å². The van der Waals surface area contributed by atoms with Crippen LogP contribution in [0.15, 0.2) is 36.4 Å². The zero-order valence-corrected chi connectivity index (χ0v) is 9.38. The molecule has 2 rings (SSSR count). The molecule has 0 aliphatic heterocycles. The molecular formula is C12H16Mn. The van der Waals surface area contributed by atoms with E-state index in [9.17, 15) is 0 Å². The van der Waals surface area contributed by atoms with Gasteiger partial charge in [0.15, 0.2) is 0 Å². The predicted octanol–water partition coefficient (Wildman–Crippen LogP) is 3.50. The minimum Gasteiger partial charge on any atom is -0.232 e. The van der Waals surface area contributed by atoms with Gasteiger partial charge in [0.05, 0.1) is 0 Å². The van der Waals surface area contributed by atoms with E-state index in [0.717, 1.165) is 5.92 Å². The van der Waals surface area contributed by atoms with Crippen LogP contribution in [0, 0.1) is 19.3 Å². The molecule has 1 unspecified atom stereocenters. The van der Waals surface area contributed by atoms with Crippen LogP contribution in [-0.4, -0.2) is 0 Å². The summed E-state index contributed by atoms with van der Waals surface area (Å²) < 4.78 is 0. The normalized spacial score (nSPS) is 18.2. The SMILES string of the molecule is CC1[CH-]C=CC1.Cc1ccc[cH-]1.[Mn+2]. The van der Waals surface area contributed by atoms with Crippen LogP contribution in [0.2, 0.25) is 0 Å². The van der Waals surface area contributed by atoms with Gasteiger partial charge in [-0.05, 0) is 0 Å². The molecule has 1 atom stereocenters. The fourth-order valence-corrected chi connectivity index (χ4v) is 1.11. The molecule has 1 aromatic rings. The van der Waals surface area contributed by atoms with Gasteiger partial charge < -0.3 is 0 Å². The van der Waals surface area contributed by atoms with Crippen LogP contribution in [-0.2, 0) is 17.1 Å². The zero-order valence-electron chi connectivity index (χ0n) is 8.20. The smallest absolute Gasteiger partial charge is 0.232 e. The Morgan fingerprint density at radius 1 is 1.46 bits per heavy atom. The van der Waals surface area contributed by atoms with Gasteiger partial charge >= 0.3 is 17.1 Å². The molecule has 13 heavy (non-hydrogen) atoms. The van der Waals surface area contributed by atoms with Crippen molar-refractivity contribution >= 4 is 0 Å². The van der Waals surface area contributed by atoms with E-state index in [2.05, 4.69) is 44.6 Å². The number of aryl methyl sites for hydroxylation is 1. The van der Waals surface area contributed by atoms with Crippen molar-refractivity contribution < 1.29 is 17.1 Å². The second kappa shape index (κ2) is 6.94. The molecule has 0 fully saturated rings. The summed E-state index contributed by atoms with van der Waals surface area (Å²) in [6.45, 7) is 4.31. The first-order valence-electron chi connectivity index (χ1n) is 4.47. The summed E-state index contributed by atoms with van der Waals surface area (Å²) in [5.41, 5.74) is 1.34. The maximum atomic E-state index is 2.22. The van der Waals surface area contributed by atoms with Crippen LogP contribution < -0.4 is 0 Å². The van der Waals surface area contributed by atoms with Gasteiger partial charge in [0.1, 0.15) is 0 Å². The Bertz CT molecular complexity index is 213. The van der Waals surface area contributed by atoms with Gasteiger partial charge in [0.25, 0.3) is 0 Å². The number of hydrogen-bond donors (Lipinski definition) is 0. The van der Waals surface area contributed by atoms with Crippen molar-refractivity contribution in [3.8, 4) is 0 Å². The average molecular weight is 215 g/mol. The Morgan fingerprint density at radius 3 is 2.38 bits per heavy atom. The van der Waals surface area contributed by atoms with Crippen molar-refractivity contribution in [1.29, 1.82) is 0 Å². The molecule has 1 radical (unpaired) electrons. The van der Waals surface area contributed by atoms with Gasteiger partial charge in [0.2, 0.25) is 0 Å². The Kier molecular flexibility index (Phi) is 6.66. The van der Waals surface area contributed by atoms with E-state index < -0.39 is 0 Å². The minimum atomic E-state index is 0. The van der Waals surface area contributed by atoms with Gasteiger partial charge in [-0.3, -0.25) is 0 Å². The predicted molar refractivity (Wildman–Crippen MR) is 54.0 cm³/mol. The molecule has 0 heterocycles. The van der Waals surface area contributed by atoms with E-state index in [-0.39, 0.29) is 17.1 Å². The van der Waals surface area contributed by atoms with Crippen molar-refractivity contribution in [2.24, 2.45) is 5.92 Å². The molecule has 0 bridgehead atoms. The molecule has 0 spiro atoms. The summed E-state index contributed by atoms with van der Waals surface area (Å²) in [6, 6.07) is 8.24. The summed E-state index contributed by atoms with van der Waals surface area (Å²) in [5.74, 6) is 0.810. The molecular weight excluding hydrogens is 199 g/mol. The first-order valence-corrected chi connectivity index (χ1v) is 4.47. The minimum absolute atomic E-state index is 0. The van der Waals surface area contributed by atoms with Crippen molar-refractivity contribution in [2.75, 3.05) is 0 Å². The monoisotopic (exact) mass is 215 g/mol. The molecule has 1 heteroatoms. The first kappa shape index (κ1) is 12.5. The van der Waals surface area contributed by atoms with Crippen LogP contribution in [0.5, 0.6) is 0 Å². The van der Waals surface area contributed by atoms with Crippen molar-refractivity contribution in [2.45, 2.75) is 20.3 Å². The second-order valence-electron chi connectivity index (χ2n) is 3.30. The average Bonchev–Trinajstić information content (AvgIpc) is 2.63. The topological polar surface area (TPSA) is 0 Å². The fraction of sp³-hybridized carbons (Fsp3) is 0.333. The fourth-order valence-electron chi connectivity index (χ4n) is 1.11. The van der Waals surface area contributed by atoms with E-state index in [0.29, 0.717) is 0 Å². The number of allylic oxidation sites excluding steroid dienone is 2. The Hall–Kier alpha value is -0.521. The Balaban J connectivity index is 0.000000206. The van der Waals surface area contributed by atoms with E-state index >= 15 is 0 Å². The maximum absolute atomic E-state index is 2.22. The zero-order chi connectivity index (χ0) is 8.81. The summed E-state index contributed by atoms with van der Waals surface area (Å²) in [5, 5.41) is 0. The third kappa shape index (κ3) is 5.68. The van der Waals surface area contributed by atoms with Gasteiger partial charge in [0, 0.05) is 0 Å². The van der Waals surface area contributed by atoms with Crippen LogP contribution >= 0.6 is 0 Å². The molecule has 71 valence electrons. The van der Waals surface area contributed by atoms with Gasteiger partial charge in [-0.2, -0.15) is 17.7 Å². The summed E-state index contributed by atoms with van der Waals surface area (Å²) >= 11 is 0. The van der Waals surface area contributed by atoms with Crippen molar-refractivity contribution in [3.05, 3.63) is 48.4 Å². The standard InChI is InChI=1S/C6H9.C6H7.Mn/c2*1-6-4-2-3-5-6;/h2-4,6H,5H2,1H3;2-5H,1H3;/q2*-1;+2. The van der Waals surface area contributed by atoms with Crippen LogP contribution in [0.25, 0.3) is 0 Å². The summed E-state index contributed by atoms with van der Waals surface area (Å²) in [7, 11) is 0. The number of hydrogen-bond acceptors (Lipinski definition) is 0. The molecule has 1 aliphatic carbocycles. The van der Waals surface area contributed by atoms with Gasteiger partial charge in [-0.15, -0.1) is 12.3 Å². The molecule has 0 amide bonds. The maximum Gasteiger partial charge on any atom is 2.00 e. The molecule has 0 aromatic heterocycles. The van der Waals surface area contributed by atoms with E-state index in [4.69, 9.17) is 0 Å². The van der Waals surface area contributed by atoms with Crippen LogP contribution in [0.1, 0.15) is 18.9 Å². The second-order valence-corrected chi connectivity index (χ2v) is 3.30. The van der Waals surface area contributed by atoms with Crippen molar-refractivity contribution in [1.82, 2.24) is 0 Å². The quantitative estimate of drug-likeness (QED) is 0.459. The first-order chi connectivity index (χ1) is 5.79. The molecule has 0 N–H and O–H groups in total. The van der Waals surface area contributed by atoms with Gasteiger partial charge in [-0.1, -0.05) is 13.8 Å². The van der Waals surface area contributed by atoms with Crippen molar-refractivity contribution in [3.63, 3.8) is 0 Å². The van der Waals surface area contributed by atoms with E-state index in [1.54, 1.807) is 0 Å². The molecule has 1 aliphatic rings. The largest absolute Gasteiger partial charge is 2.00 e. The third-order valence-corrected chi connectivity index (χ3v) is 1.91. The third-order valence-electron chi connectivity index (χ3n) is 1.91. The van der Waals surface area contributed by atoms with Crippen LogP contribution in [0.3, 0.4) is 0 Å². The van der Waals surface area contributed by atoms with E-state index in [1.165, 1.54) is 12.0 Å². The molecule has 1 aromatic carbocycles. The number of rotatable bonds is 0. The molecule has 0 saturated carbocycles. The molecule has 0 nitrogen and oxygen atoms in total.